The first-order valence-corrected chi connectivity index (χ1v) is 15.5. The second kappa shape index (κ2) is 12.5. The van der Waals surface area contributed by atoms with Crippen LogP contribution in [0, 0.1) is 19.8 Å². The summed E-state index contributed by atoms with van der Waals surface area (Å²) in [4.78, 5) is 26.0. The van der Waals surface area contributed by atoms with Crippen LogP contribution in [0.3, 0.4) is 0 Å². The summed E-state index contributed by atoms with van der Waals surface area (Å²) < 4.78 is 30.9. The molecule has 1 saturated heterocycles. The summed E-state index contributed by atoms with van der Waals surface area (Å²) in [5.41, 5.74) is 4.73. The summed E-state index contributed by atoms with van der Waals surface area (Å²) >= 11 is 1.42. The van der Waals surface area contributed by atoms with E-state index in [1.165, 1.54) is 11.9 Å². The van der Waals surface area contributed by atoms with Crippen LogP contribution in [-0.4, -0.2) is 52.5 Å². The Bertz CT molecular complexity index is 1380. The number of halogens is 2. The molecule has 0 amide bonds. The summed E-state index contributed by atoms with van der Waals surface area (Å²) in [6.45, 7) is 11.3. The van der Waals surface area contributed by atoms with Crippen LogP contribution in [0.4, 0.5) is 20.4 Å². The van der Waals surface area contributed by atoms with Crippen LogP contribution < -0.4 is 15.2 Å². The number of hydrogen-bond donors (Lipinski definition) is 2. The Kier molecular flexibility index (Phi) is 9.04. The molecule has 41 heavy (non-hydrogen) atoms. The molecular formula is C32H41F2N5OS. The van der Waals surface area contributed by atoms with Crippen molar-refractivity contribution in [3.05, 3.63) is 70.0 Å². The van der Waals surface area contributed by atoms with E-state index in [1.807, 2.05) is 38.1 Å². The molecule has 2 N–H and O–H groups in total. The fraction of sp³-hybridized carbons (Fsp3) is 0.500. The van der Waals surface area contributed by atoms with Crippen molar-refractivity contribution < 1.29 is 8.78 Å². The quantitative estimate of drug-likeness (QED) is 0.286. The van der Waals surface area contributed by atoms with Crippen LogP contribution >= 0.6 is 11.9 Å². The van der Waals surface area contributed by atoms with Gasteiger partial charge in [0.2, 0.25) is 11.9 Å². The Balaban J connectivity index is 1.30. The number of nitrogens with one attached hydrogen (secondary N) is 2. The summed E-state index contributed by atoms with van der Waals surface area (Å²) in [5.74, 6) is -1.67. The van der Waals surface area contributed by atoms with Crippen LogP contribution in [0.5, 0.6) is 0 Å². The molecule has 1 aliphatic heterocycles. The van der Waals surface area contributed by atoms with Crippen LogP contribution in [0.2, 0.25) is 0 Å². The minimum Gasteiger partial charge on any atom is -0.367 e. The van der Waals surface area contributed by atoms with Gasteiger partial charge in [-0.1, -0.05) is 38.1 Å². The van der Waals surface area contributed by atoms with E-state index < -0.39 is 5.92 Å². The summed E-state index contributed by atoms with van der Waals surface area (Å²) in [5, 5.41) is 0. The molecule has 3 aromatic rings. The monoisotopic (exact) mass is 581 g/mol. The van der Waals surface area contributed by atoms with Crippen molar-refractivity contribution in [2.75, 3.05) is 29.3 Å². The van der Waals surface area contributed by atoms with Crippen molar-refractivity contribution in [2.45, 2.75) is 82.7 Å². The predicted molar refractivity (Wildman–Crippen MR) is 165 cm³/mol. The molecule has 1 saturated carbocycles. The molecular weight excluding hydrogens is 540 g/mol. The molecule has 2 fully saturated rings. The summed E-state index contributed by atoms with van der Waals surface area (Å²) in [6.07, 6.45) is 2.17. The molecule has 0 spiro atoms. The number of anilines is 2. The molecule has 1 atom stereocenters. The molecule has 9 heteroatoms. The van der Waals surface area contributed by atoms with E-state index >= 15 is 0 Å². The fourth-order valence-electron chi connectivity index (χ4n) is 6.34. The number of aromatic nitrogens is 2. The van der Waals surface area contributed by atoms with Gasteiger partial charge in [0.15, 0.2) is 0 Å². The number of aromatic amines is 1. The predicted octanol–water partition coefficient (Wildman–Crippen LogP) is 7.29. The van der Waals surface area contributed by atoms with Crippen molar-refractivity contribution in [1.82, 2.24) is 14.9 Å². The normalized spacial score (nSPS) is 20.3. The average molecular weight is 582 g/mol. The van der Waals surface area contributed by atoms with Gasteiger partial charge in [0.05, 0.1) is 5.69 Å². The molecule has 0 radical (unpaired) electrons. The maximum atomic E-state index is 13.8. The summed E-state index contributed by atoms with van der Waals surface area (Å²) in [7, 11) is 0. The van der Waals surface area contributed by atoms with Crippen molar-refractivity contribution in [2.24, 2.45) is 5.92 Å². The van der Waals surface area contributed by atoms with E-state index in [1.54, 1.807) is 6.07 Å². The van der Waals surface area contributed by atoms with Gasteiger partial charge in [0.25, 0.3) is 5.56 Å². The van der Waals surface area contributed by atoms with Gasteiger partial charge in [-0.25, -0.2) is 13.8 Å². The van der Waals surface area contributed by atoms with Gasteiger partial charge in [-0.05, 0) is 80.3 Å². The maximum absolute atomic E-state index is 13.8. The molecule has 220 valence electrons. The van der Waals surface area contributed by atoms with Gasteiger partial charge < -0.3 is 4.90 Å². The topological polar surface area (TPSA) is 64.3 Å². The molecule has 5 rings (SSSR count). The second-order valence-corrected chi connectivity index (χ2v) is 12.8. The minimum atomic E-state index is -2.50. The lowest BCUT2D eigenvalue weighted by molar-refractivity contribution is -0.0540. The van der Waals surface area contributed by atoms with E-state index in [2.05, 4.69) is 51.6 Å². The Morgan fingerprint density at radius 2 is 1.76 bits per heavy atom. The molecule has 6 nitrogen and oxygen atoms in total. The number of hydrogen-bond acceptors (Lipinski definition) is 6. The molecule has 0 bridgehead atoms. The standard InChI is InChI=1S/C32H41F2N5OS/c1-21(2)28-20-38(24-12-14-32(33,34)15-13-24)16-7-17-39(28)25-10-6-11-26(18-25)41-37-31-35-27(19-29(40)36-31)30-22(3)8-5-9-23(30)4/h5-6,8-11,18-19,21,24,28H,7,12-17,20H2,1-4H3,(H2,35,36,37,40). The number of H-pyrrole nitrogens is 1. The van der Waals surface area contributed by atoms with Gasteiger partial charge in [-0.2, -0.15) is 0 Å². The van der Waals surface area contributed by atoms with Gasteiger partial charge >= 0.3 is 0 Å². The first kappa shape index (κ1) is 29.6. The third-order valence-electron chi connectivity index (χ3n) is 8.53. The number of benzene rings is 2. The average Bonchev–Trinajstić information content (AvgIpc) is 3.15. The number of rotatable bonds is 7. The zero-order chi connectivity index (χ0) is 29.1. The van der Waals surface area contributed by atoms with Crippen LogP contribution in [0.1, 0.15) is 57.1 Å². The van der Waals surface area contributed by atoms with E-state index in [-0.39, 0.29) is 24.4 Å². The summed E-state index contributed by atoms with van der Waals surface area (Å²) in [6, 6.07) is 16.6. The lowest BCUT2D eigenvalue weighted by Crippen LogP contribution is -2.48. The highest BCUT2D eigenvalue weighted by atomic mass is 32.2. The highest BCUT2D eigenvalue weighted by Crippen LogP contribution is 2.37. The van der Waals surface area contributed by atoms with Gasteiger partial charge in [0, 0.05) is 66.8 Å². The molecule has 2 aromatic carbocycles. The number of alkyl halides is 2. The van der Waals surface area contributed by atoms with Crippen molar-refractivity contribution in [3.63, 3.8) is 0 Å². The Labute approximate surface area is 246 Å². The second-order valence-electron chi connectivity index (χ2n) is 11.9. The Morgan fingerprint density at radius 3 is 2.46 bits per heavy atom. The van der Waals surface area contributed by atoms with Crippen molar-refractivity contribution >= 4 is 23.6 Å². The fourth-order valence-corrected chi connectivity index (χ4v) is 6.98. The Hall–Kier alpha value is -2.91. The SMILES string of the molecule is Cc1cccc(C)c1-c1cc(=O)[nH]c(NSc2cccc(N3CCCN(C4CCC(F)(F)CC4)CC3C(C)C)c2)n1. The number of nitrogens with zero attached hydrogens (tertiary/aromatic N) is 3. The number of aryl methyl sites for hydroxylation is 2. The first-order valence-electron chi connectivity index (χ1n) is 14.7. The molecule has 1 unspecified atom stereocenters. The zero-order valence-corrected chi connectivity index (χ0v) is 25.2. The van der Waals surface area contributed by atoms with E-state index in [0.29, 0.717) is 36.4 Å². The molecule has 2 aliphatic rings. The van der Waals surface area contributed by atoms with Crippen molar-refractivity contribution in [3.8, 4) is 11.3 Å². The molecule has 2 heterocycles. The van der Waals surface area contributed by atoms with Gasteiger partial charge in [-0.3, -0.25) is 19.4 Å². The minimum absolute atomic E-state index is 0.00406. The third kappa shape index (κ3) is 7.12. The van der Waals surface area contributed by atoms with Gasteiger partial charge in [-0.15, -0.1) is 0 Å². The largest absolute Gasteiger partial charge is 0.367 e. The highest BCUT2D eigenvalue weighted by molar-refractivity contribution is 8.00. The molecule has 1 aromatic heterocycles. The Morgan fingerprint density at radius 1 is 1.05 bits per heavy atom. The highest BCUT2D eigenvalue weighted by Gasteiger charge is 2.38. The lowest BCUT2D eigenvalue weighted by atomic mass is 9.90. The van der Waals surface area contributed by atoms with E-state index in [0.717, 1.165) is 53.3 Å². The lowest BCUT2D eigenvalue weighted by Gasteiger charge is -2.40. The van der Waals surface area contributed by atoms with Crippen LogP contribution in [0.25, 0.3) is 11.3 Å². The van der Waals surface area contributed by atoms with Crippen LogP contribution in [0.15, 0.2) is 58.2 Å². The van der Waals surface area contributed by atoms with Crippen LogP contribution in [-0.2, 0) is 0 Å². The maximum Gasteiger partial charge on any atom is 0.252 e. The van der Waals surface area contributed by atoms with Gasteiger partial charge in [0.1, 0.15) is 0 Å². The van der Waals surface area contributed by atoms with Crippen molar-refractivity contribution in [1.29, 1.82) is 0 Å². The molecule has 1 aliphatic carbocycles. The van der Waals surface area contributed by atoms with E-state index in [4.69, 9.17) is 4.98 Å². The first-order chi connectivity index (χ1) is 19.6. The zero-order valence-electron chi connectivity index (χ0n) is 24.4. The third-order valence-corrected chi connectivity index (χ3v) is 9.32. The smallest absolute Gasteiger partial charge is 0.252 e. The van der Waals surface area contributed by atoms with E-state index in [9.17, 15) is 13.6 Å².